The van der Waals surface area contributed by atoms with Gasteiger partial charge in [-0.05, 0) is 37.2 Å². The molecule has 0 atom stereocenters. The maximum absolute atomic E-state index is 12.1. The van der Waals surface area contributed by atoms with Gasteiger partial charge in [0.05, 0.1) is 10.6 Å². The van der Waals surface area contributed by atoms with Crippen molar-refractivity contribution >= 4 is 21.6 Å². The summed E-state index contributed by atoms with van der Waals surface area (Å²) in [6, 6.07) is 8.53. The zero-order valence-electron chi connectivity index (χ0n) is 11.1. The van der Waals surface area contributed by atoms with E-state index in [9.17, 15) is 8.42 Å². The highest BCUT2D eigenvalue weighted by atomic mass is 35.5. The fourth-order valence-corrected chi connectivity index (χ4v) is 3.00. The third-order valence-corrected chi connectivity index (χ3v) is 4.63. The van der Waals surface area contributed by atoms with Crippen molar-refractivity contribution in [2.24, 2.45) is 0 Å². The number of nitrogens with zero attached hydrogens (tertiary/aromatic N) is 2. The van der Waals surface area contributed by atoms with Crippen LogP contribution in [0.25, 0.3) is 11.3 Å². The molecule has 0 unspecified atom stereocenters. The van der Waals surface area contributed by atoms with Gasteiger partial charge in [-0.2, -0.15) is 0 Å². The topological polar surface area (TPSA) is 72.0 Å². The Hall–Kier alpha value is -1.50. The quantitative estimate of drug-likeness (QED) is 0.940. The molecule has 1 heterocycles. The number of aryl methyl sites for hydroxylation is 1. The first-order valence-electron chi connectivity index (χ1n) is 6.04. The Bertz CT molecular complexity index is 715. The first kappa shape index (κ1) is 14.9. The molecule has 0 saturated heterocycles. The second-order valence-corrected chi connectivity index (χ2v) is 6.37. The first-order valence-corrected chi connectivity index (χ1v) is 7.90. The number of sulfonamides is 1. The van der Waals surface area contributed by atoms with E-state index in [1.54, 1.807) is 24.3 Å². The van der Waals surface area contributed by atoms with Crippen LogP contribution < -0.4 is 4.72 Å². The van der Waals surface area contributed by atoms with Gasteiger partial charge in [-0.1, -0.05) is 30.7 Å². The second-order valence-electron chi connectivity index (χ2n) is 4.12. The highest BCUT2D eigenvalue weighted by molar-refractivity contribution is 7.89. The van der Waals surface area contributed by atoms with Gasteiger partial charge in [0.15, 0.2) is 5.15 Å². The largest absolute Gasteiger partial charge is 0.240 e. The number of hydrogen-bond acceptors (Lipinski definition) is 4. The molecule has 0 aliphatic rings. The van der Waals surface area contributed by atoms with Gasteiger partial charge in [0.2, 0.25) is 10.0 Å². The Morgan fingerprint density at radius 3 is 2.50 bits per heavy atom. The van der Waals surface area contributed by atoms with Crippen LogP contribution in [0.1, 0.15) is 12.5 Å². The smallest absolute Gasteiger partial charge is 0.214 e. The van der Waals surface area contributed by atoms with Crippen molar-refractivity contribution in [2.75, 3.05) is 7.05 Å². The highest BCUT2D eigenvalue weighted by Crippen LogP contribution is 2.24. The maximum atomic E-state index is 12.1. The molecule has 5 nitrogen and oxygen atoms in total. The molecule has 106 valence electrons. The third-order valence-electron chi connectivity index (χ3n) is 2.93. The summed E-state index contributed by atoms with van der Waals surface area (Å²) in [4.78, 5) is 0.261. The molecule has 1 N–H and O–H groups in total. The lowest BCUT2D eigenvalue weighted by molar-refractivity contribution is 0.587. The maximum Gasteiger partial charge on any atom is 0.240 e. The predicted molar refractivity (Wildman–Crippen MR) is 78.1 cm³/mol. The minimum atomic E-state index is -3.50. The molecule has 0 aliphatic carbocycles. The molecule has 1 aromatic heterocycles. The van der Waals surface area contributed by atoms with Crippen molar-refractivity contribution < 1.29 is 8.42 Å². The van der Waals surface area contributed by atoms with Crippen LogP contribution in [0, 0.1) is 0 Å². The molecule has 0 amide bonds. The monoisotopic (exact) mass is 311 g/mol. The standard InChI is InChI=1S/C13H14ClN3O2S/c1-3-9-4-5-10(8-12(9)20(18,19)15-2)11-6-7-13(14)17-16-11/h4-8,15H,3H2,1-2H3. The van der Waals surface area contributed by atoms with Gasteiger partial charge in [-0.25, -0.2) is 13.1 Å². The van der Waals surface area contributed by atoms with Crippen LogP contribution in [-0.2, 0) is 16.4 Å². The van der Waals surface area contributed by atoms with Gasteiger partial charge in [0.1, 0.15) is 0 Å². The van der Waals surface area contributed by atoms with Gasteiger partial charge < -0.3 is 0 Å². The lowest BCUT2D eigenvalue weighted by atomic mass is 10.1. The SMILES string of the molecule is CCc1ccc(-c2ccc(Cl)nn2)cc1S(=O)(=O)NC. The van der Waals surface area contributed by atoms with E-state index in [0.29, 0.717) is 22.8 Å². The summed E-state index contributed by atoms with van der Waals surface area (Å²) in [6.45, 7) is 1.91. The lowest BCUT2D eigenvalue weighted by Gasteiger charge is -2.10. The van der Waals surface area contributed by atoms with E-state index in [0.717, 1.165) is 5.56 Å². The first-order chi connectivity index (χ1) is 9.47. The summed E-state index contributed by atoms with van der Waals surface area (Å²) in [5, 5.41) is 8.01. The van der Waals surface area contributed by atoms with Gasteiger partial charge >= 0.3 is 0 Å². The minimum absolute atomic E-state index is 0.261. The molecular weight excluding hydrogens is 298 g/mol. The van der Waals surface area contributed by atoms with Crippen molar-refractivity contribution in [1.82, 2.24) is 14.9 Å². The Labute approximate surface area is 123 Å². The highest BCUT2D eigenvalue weighted by Gasteiger charge is 2.17. The molecular formula is C13H14ClN3O2S. The molecule has 20 heavy (non-hydrogen) atoms. The summed E-state index contributed by atoms with van der Waals surface area (Å²) in [5.41, 5.74) is 2.01. The lowest BCUT2D eigenvalue weighted by Crippen LogP contribution is -2.20. The molecule has 1 aromatic carbocycles. The molecule has 0 fully saturated rings. The van der Waals surface area contributed by atoms with Crippen LogP contribution in [-0.4, -0.2) is 25.7 Å². The number of rotatable bonds is 4. The molecule has 0 aliphatic heterocycles. The molecule has 0 radical (unpaired) electrons. The van der Waals surface area contributed by atoms with E-state index in [1.165, 1.54) is 7.05 Å². The Morgan fingerprint density at radius 1 is 1.20 bits per heavy atom. The summed E-state index contributed by atoms with van der Waals surface area (Å²) in [5.74, 6) is 0. The molecule has 0 bridgehead atoms. The average molecular weight is 312 g/mol. The van der Waals surface area contributed by atoms with Gasteiger partial charge in [-0.3, -0.25) is 0 Å². The Morgan fingerprint density at radius 2 is 1.95 bits per heavy atom. The van der Waals surface area contributed by atoms with Gasteiger partial charge in [0, 0.05) is 5.56 Å². The second kappa shape index (κ2) is 5.87. The van der Waals surface area contributed by atoms with Crippen LogP contribution in [0.15, 0.2) is 35.2 Å². The van der Waals surface area contributed by atoms with Gasteiger partial charge in [-0.15, -0.1) is 10.2 Å². The minimum Gasteiger partial charge on any atom is -0.214 e. The van der Waals surface area contributed by atoms with Crippen LogP contribution in [0.3, 0.4) is 0 Å². The Kier molecular flexibility index (Phi) is 4.37. The van der Waals surface area contributed by atoms with E-state index in [1.807, 2.05) is 13.0 Å². The average Bonchev–Trinajstić information content (AvgIpc) is 2.47. The summed E-state index contributed by atoms with van der Waals surface area (Å²) in [6.07, 6.45) is 0.628. The fraction of sp³-hybridized carbons (Fsp3) is 0.231. The molecule has 7 heteroatoms. The molecule has 0 spiro atoms. The summed E-state index contributed by atoms with van der Waals surface area (Å²) in [7, 11) is -2.11. The van der Waals surface area contributed by atoms with Crippen LogP contribution >= 0.6 is 11.6 Å². The van der Waals surface area contributed by atoms with Crippen molar-refractivity contribution in [3.63, 3.8) is 0 Å². The van der Waals surface area contributed by atoms with E-state index in [4.69, 9.17) is 11.6 Å². The zero-order chi connectivity index (χ0) is 14.8. The number of nitrogens with one attached hydrogen (secondary N) is 1. The zero-order valence-corrected chi connectivity index (χ0v) is 12.7. The Balaban J connectivity index is 2.58. The van der Waals surface area contributed by atoms with E-state index < -0.39 is 10.0 Å². The van der Waals surface area contributed by atoms with Gasteiger partial charge in [0.25, 0.3) is 0 Å². The van der Waals surface area contributed by atoms with Crippen LogP contribution in [0.2, 0.25) is 5.15 Å². The fourth-order valence-electron chi connectivity index (χ4n) is 1.84. The number of hydrogen-bond donors (Lipinski definition) is 1. The van der Waals surface area contributed by atoms with E-state index in [-0.39, 0.29) is 4.90 Å². The predicted octanol–water partition coefficient (Wildman–Crippen LogP) is 2.27. The summed E-state index contributed by atoms with van der Waals surface area (Å²) < 4.78 is 26.4. The third kappa shape index (κ3) is 2.98. The van der Waals surface area contributed by atoms with Crippen molar-refractivity contribution in [3.05, 3.63) is 41.0 Å². The molecule has 2 aromatic rings. The van der Waals surface area contributed by atoms with E-state index in [2.05, 4.69) is 14.9 Å². The van der Waals surface area contributed by atoms with Crippen molar-refractivity contribution in [3.8, 4) is 11.3 Å². The molecule has 2 rings (SSSR count). The van der Waals surface area contributed by atoms with Crippen LogP contribution in [0.4, 0.5) is 0 Å². The van der Waals surface area contributed by atoms with Crippen molar-refractivity contribution in [2.45, 2.75) is 18.2 Å². The normalized spacial score (nSPS) is 11.6. The van der Waals surface area contributed by atoms with Crippen molar-refractivity contribution in [1.29, 1.82) is 0 Å². The number of aromatic nitrogens is 2. The number of benzene rings is 1. The van der Waals surface area contributed by atoms with Crippen LogP contribution in [0.5, 0.6) is 0 Å². The summed E-state index contributed by atoms with van der Waals surface area (Å²) >= 11 is 5.69. The number of halogens is 1. The van der Waals surface area contributed by atoms with E-state index >= 15 is 0 Å². The molecule has 0 saturated carbocycles.